The molecule has 0 spiro atoms. The summed E-state index contributed by atoms with van der Waals surface area (Å²) in [6.07, 6.45) is -1.00. The van der Waals surface area contributed by atoms with Crippen LogP contribution in [-0.2, 0) is 25.5 Å². The van der Waals surface area contributed by atoms with E-state index < -0.39 is 35.3 Å². The molecule has 9 heteroatoms. The molecule has 2 N–H and O–H groups in total. The maximum Gasteiger partial charge on any atom is 0.428 e. The zero-order chi connectivity index (χ0) is 22.9. The Morgan fingerprint density at radius 1 is 1.03 bits per heavy atom. The van der Waals surface area contributed by atoms with Crippen molar-refractivity contribution in [3.05, 3.63) is 35.9 Å². The largest absolute Gasteiger partial charge is 0.462 e. The van der Waals surface area contributed by atoms with E-state index in [9.17, 15) is 14.4 Å². The highest BCUT2D eigenvalue weighted by atomic mass is 16.7. The molecule has 0 aromatic heterocycles. The summed E-state index contributed by atoms with van der Waals surface area (Å²) in [6.45, 7) is 8.59. The van der Waals surface area contributed by atoms with Gasteiger partial charge in [0.2, 0.25) is 0 Å². The smallest absolute Gasteiger partial charge is 0.428 e. The van der Waals surface area contributed by atoms with Gasteiger partial charge in [0.1, 0.15) is 18.2 Å². The second kappa shape index (κ2) is 10.8. The average Bonchev–Trinajstić information content (AvgIpc) is 2.61. The molecule has 2 amide bonds. The van der Waals surface area contributed by atoms with Crippen molar-refractivity contribution in [2.24, 2.45) is 0 Å². The number of esters is 1. The molecular formula is C21H33N3O6. The number of carbonyl (C=O) groups is 3. The van der Waals surface area contributed by atoms with Gasteiger partial charge in [-0.25, -0.2) is 9.59 Å². The van der Waals surface area contributed by atoms with Gasteiger partial charge in [-0.1, -0.05) is 30.3 Å². The maximum absolute atomic E-state index is 12.7. The van der Waals surface area contributed by atoms with Crippen molar-refractivity contribution >= 4 is 18.2 Å². The lowest BCUT2D eigenvalue weighted by Gasteiger charge is -2.29. The van der Waals surface area contributed by atoms with Crippen molar-refractivity contribution in [2.45, 2.75) is 58.2 Å². The first-order chi connectivity index (χ1) is 13.8. The van der Waals surface area contributed by atoms with Crippen molar-refractivity contribution < 1.29 is 28.7 Å². The van der Waals surface area contributed by atoms with E-state index in [1.807, 2.05) is 30.3 Å². The molecular weight excluding hydrogens is 390 g/mol. The second-order valence-corrected chi connectivity index (χ2v) is 8.74. The first-order valence-electron chi connectivity index (χ1n) is 9.64. The average molecular weight is 424 g/mol. The van der Waals surface area contributed by atoms with Crippen LogP contribution in [0.15, 0.2) is 30.3 Å². The van der Waals surface area contributed by atoms with E-state index in [2.05, 4.69) is 10.8 Å². The molecule has 0 bridgehead atoms. The molecule has 0 aliphatic rings. The molecule has 0 fully saturated rings. The lowest BCUT2D eigenvalue weighted by Crippen LogP contribution is -2.50. The summed E-state index contributed by atoms with van der Waals surface area (Å²) in [5.74, 6) is -0.621. The molecule has 1 rings (SSSR count). The van der Waals surface area contributed by atoms with E-state index in [0.29, 0.717) is 0 Å². The standard InChI is InChI=1S/C21H33N3O6/c1-20(2,3)29-18(26)22-21(4,5)14-28-17(25)16(23-30-19(27)24(6)7)13-15-11-9-8-10-12-15/h8-12,16,23H,13-14H2,1-7H3,(H,22,26)/t16-/m0/s1. The van der Waals surface area contributed by atoms with Crippen molar-refractivity contribution in [1.29, 1.82) is 0 Å². The number of hydrogen-bond acceptors (Lipinski definition) is 7. The lowest BCUT2D eigenvalue weighted by molar-refractivity contribution is -0.151. The Hall–Kier alpha value is -2.81. The van der Waals surface area contributed by atoms with Crippen LogP contribution in [0.2, 0.25) is 0 Å². The molecule has 0 aliphatic heterocycles. The number of rotatable bonds is 8. The van der Waals surface area contributed by atoms with Crippen molar-refractivity contribution in [3.8, 4) is 0 Å². The summed E-state index contributed by atoms with van der Waals surface area (Å²) in [6, 6.07) is 8.33. The number of amides is 2. The van der Waals surface area contributed by atoms with E-state index in [1.165, 1.54) is 19.0 Å². The molecule has 1 aromatic rings. The summed E-state index contributed by atoms with van der Waals surface area (Å²) in [5.41, 5.74) is 1.83. The quantitative estimate of drug-likeness (QED) is 0.376. The SMILES string of the molecule is CN(C)C(=O)ON[C@@H](Cc1ccccc1)C(=O)OCC(C)(C)NC(=O)OC(C)(C)C. The van der Waals surface area contributed by atoms with E-state index in [4.69, 9.17) is 14.3 Å². The summed E-state index contributed by atoms with van der Waals surface area (Å²) >= 11 is 0. The van der Waals surface area contributed by atoms with Gasteiger partial charge in [-0.2, -0.15) is 0 Å². The molecule has 1 aromatic carbocycles. The van der Waals surface area contributed by atoms with E-state index >= 15 is 0 Å². The van der Waals surface area contributed by atoms with Crippen LogP contribution in [0, 0.1) is 0 Å². The van der Waals surface area contributed by atoms with Gasteiger partial charge in [-0.3, -0.25) is 4.79 Å². The van der Waals surface area contributed by atoms with Crippen LogP contribution in [0.1, 0.15) is 40.2 Å². The van der Waals surface area contributed by atoms with E-state index in [1.54, 1.807) is 34.6 Å². The minimum absolute atomic E-state index is 0.0975. The Labute approximate surface area is 178 Å². The third kappa shape index (κ3) is 10.1. The van der Waals surface area contributed by atoms with Crippen molar-refractivity contribution in [1.82, 2.24) is 15.7 Å². The Bertz CT molecular complexity index is 713. The number of nitrogens with zero attached hydrogens (tertiary/aromatic N) is 1. The lowest BCUT2D eigenvalue weighted by atomic mass is 10.1. The van der Waals surface area contributed by atoms with Gasteiger partial charge in [0, 0.05) is 20.5 Å². The second-order valence-electron chi connectivity index (χ2n) is 8.74. The molecule has 30 heavy (non-hydrogen) atoms. The van der Waals surface area contributed by atoms with Crippen LogP contribution in [0.5, 0.6) is 0 Å². The molecule has 0 aliphatic carbocycles. The first-order valence-corrected chi connectivity index (χ1v) is 9.64. The van der Waals surface area contributed by atoms with Crippen LogP contribution in [0.25, 0.3) is 0 Å². The third-order valence-electron chi connectivity index (χ3n) is 3.64. The van der Waals surface area contributed by atoms with Crippen LogP contribution in [0.4, 0.5) is 9.59 Å². The summed E-state index contributed by atoms with van der Waals surface area (Å²) in [5, 5.41) is 2.67. The number of carbonyl (C=O) groups excluding carboxylic acids is 3. The van der Waals surface area contributed by atoms with Gasteiger partial charge < -0.3 is 24.5 Å². The fraction of sp³-hybridized carbons (Fsp3) is 0.571. The van der Waals surface area contributed by atoms with E-state index in [0.717, 1.165) is 5.56 Å². The number of benzene rings is 1. The Kier molecular flexibility index (Phi) is 9.10. The van der Waals surface area contributed by atoms with Gasteiger partial charge in [0.15, 0.2) is 0 Å². The van der Waals surface area contributed by atoms with Crippen LogP contribution in [-0.4, -0.2) is 60.9 Å². The van der Waals surface area contributed by atoms with E-state index in [-0.39, 0.29) is 13.0 Å². The highest BCUT2D eigenvalue weighted by molar-refractivity contribution is 5.76. The molecule has 168 valence electrons. The zero-order valence-electron chi connectivity index (χ0n) is 18.8. The molecule has 1 atom stereocenters. The predicted molar refractivity (Wildman–Crippen MR) is 112 cm³/mol. The van der Waals surface area contributed by atoms with Gasteiger partial charge in [0.05, 0.1) is 5.54 Å². The minimum Gasteiger partial charge on any atom is -0.462 e. The topological polar surface area (TPSA) is 106 Å². The molecule has 0 radical (unpaired) electrons. The number of hydroxylamine groups is 1. The summed E-state index contributed by atoms with van der Waals surface area (Å²) in [7, 11) is 3.05. The van der Waals surface area contributed by atoms with Gasteiger partial charge >= 0.3 is 18.2 Å². The fourth-order valence-electron chi connectivity index (χ4n) is 2.20. The monoisotopic (exact) mass is 423 g/mol. The highest BCUT2D eigenvalue weighted by Crippen LogP contribution is 2.11. The Balaban J connectivity index is 2.73. The van der Waals surface area contributed by atoms with Gasteiger partial charge in [0.25, 0.3) is 0 Å². The molecule has 9 nitrogen and oxygen atoms in total. The minimum atomic E-state index is -0.923. The third-order valence-corrected chi connectivity index (χ3v) is 3.64. The summed E-state index contributed by atoms with van der Waals surface area (Å²) in [4.78, 5) is 42.5. The Morgan fingerprint density at radius 3 is 2.17 bits per heavy atom. The number of alkyl carbamates (subject to hydrolysis) is 1. The summed E-state index contributed by atoms with van der Waals surface area (Å²) < 4.78 is 10.6. The van der Waals surface area contributed by atoms with Gasteiger partial charge in [-0.05, 0) is 40.2 Å². The first kappa shape index (κ1) is 25.2. The normalized spacial score (nSPS) is 12.5. The zero-order valence-corrected chi connectivity index (χ0v) is 18.8. The number of hydrogen-bond donors (Lipinski definition) is 2. The number of nitrogens with one attached hydrogen (secondary N) is 2. The number of ether oxygens (including phenoxy) is 2. The molecule has 0 heterocycles. The predicted octanol–water partition coefficient (Wildman–Crippen LogP) is 2.65. The van der Waals surface area contributed by atoms with Crippen LogP contribution >= 0.6 is 0 Å². The molecule has 0 unspecified atom stereocenters. The van der Waals surface area contributed by atoms with Crippen LogP contribution in [0.3, 0.4) is 0 Å². The fourth-order valence-corrected chi connectivity index (χ4v) is 2.20. The molecule has 0 saturated carbocycles. The highest BCUT2D eigenvalue weighted by Gasteiger charge is 2.29. The van der Waals surface area contributed by atoms with Gasteiger partial charge in [-0.15, -0.1) is 5.48 Å². The molecule has 0 saturated heterocycles. The van der Waals surface area contributed by atoms with Crippen molar-refractivity contribution in [2.75, 3.05) is 20.7 Å². The van der Waals surface area contributed by atoms with Crippen molar-refractivity contribution in [3.63, 3.8) is 0 Å². The maximum atomic E-state index is 12.7. The van der Waals surface area contributed by atoms with Crippen LogP contribution < -0.4 is 10.8 Å². The Morgan fingerprint density at radius 2 is 1.63 bits per heavy atom.